The average Bonchev–Trinajstić information content (AvgIpc) is 2.94. The van der Waals surface area contributed by atoms with Gasteiger partial charge in [-0.05, 0) is 55.8 Å². The molecule has 0 aliphatic carbocycles. The van der Waals surface area contributed by atoms with E-state index in [4.69, 9.17) is 0 Å². The largest absolute Gasteiger partial charge is 0.396 e. The Morgan fingerprint density at radius 3 is 3.15 bits per heavy atom. The van der Waals surface area contributed by atoms with Gasteiger partial charge < -0.3 is 10.4 Å². The lowest BCUT2D eigenvalue weighted by Gasteiger charge is -2.35. The second kappa shape index (κ2) is 6.59. The van der Waals surface area contributed by atoms with Crippen LogP contribution in [-0.2, 0) is 12.8 Å². The van der Waals surface area contributed by atoms with Crippen LogP contribution in [0.25, 0.3) is 0 Å². The number of piperidine rings is 1. The Kier molecular flexibility index (Phi) is 4.58. The van der Waals surface area contributed by atoms with Gasteiger partial charge in [-0.25, -0.2) is 0 Å². The highest BCUT2D eigenvalue weighted by molar-refractivity contribution is 5.56. The molecule has 0 saturated carbocycles. The van der Waals surface area contributed by atoms with E-state index in [1.54, 1.807) is 0 Å². The predicted molar refractivity (Wildman–Crippen MR) is 83.3 cm³/mol. The first kappa shape index (κ1) is 13.9. The summed E-state index contributed by atoms with van der Waals surface area (Å²) >= 11 is 0. The standard InChI is InChI=1S/C17H26N2O/c20-12-8-16-3-1-2-10-19(16)11-7-14-4-5-17-15(13-14)6-9-18-17/h4-5,13,16,18,20H,1-3,6-12H2. The Hall–Kier alpha value is -1.06. The quantitative estimate of drug-likeness (QED) is 0.865. The molecule has 1 atom stereocenters. The highest BCUT2D eigenvalue weighted by atomic mass is 16.3. The molecule has 0 amide bonds. The molecule has 1 fully saturated rings. The fourth-order valence-electron chi connectivity index (χ4n) is 3.62. The molecule has 3 heteroatoms. The first-order valence-corrected chi connectivity index (χ1v) is 8.07. The van der Waals surface area contributed by atoms with Gasteiger partial charge in [-0.3, -0.25) is 4.90 Å². The zero-order chi connectivity index (χ0) is 13.8. The third kappa shape index (κ3) is 3.15. The molecular weight excluding hydrogens is 248 g/mol. The number of aliphatic hydroxyl groups is 1. The molecule has 0 bridgehead atoms. The van der Waals surface area contributed by atoms with Crippen molar-refractivity contribution in [2.75, 3.05) is 31.6 Å². The topological polar surface area (TPSA) is 35.5 Å². The minimum atomic E-state index is 0.325. The molecule has 1 aromatic carbocycles. The van der Waals surface area contributed by atoms with Gasteiger partial charge in [0, 0.05) is 31.4 Å². The minimum Gasteiger partial charge on any atom is -0.396 e. The van der Waals surface area contributed by atoms with E-state index in [1.807, 2.05) is 0 Å². The van der Waals surface area contributed by atoms with Gasteiger partial charge in [0.25, 0.3) is 0 Å². The molecule has 3 rings (SSSR count). The summed E-state index contributed by atoms with van der Waals surface area (Å²) < 4.78 is 0. The van der Waals surface area contributed by atoms with Crippen molar-refractivity contribution >= 4 is 5.69 Å². The predicted octanol–water partition coefficient (Wildman–Crippen LogP) is 2.43. The van der Waals surface area contributed by atoms with E-state index in [0.29, 0.717) is 12.6 Å². The molecule has 3 nitrogen and oxygen atoms in total. The SMILES string of the molecule is OCCC1CCCCN1CCc1ccc2c(c1)CCN2. The van der Waals surface area contributed by atoms with Crippen molar-refractivity contribution in [2.24, 2.45) is 0 Å². The number of nitrogens with zero attached hydrogens (tertiary/aromatic N) is 1. The van der Waals surface area contributed by atoms with Crippen molar-refractivity contribution in [3.8, 4) is 0 Å². The molecule has 2 N–H and O–H groups in total. The number of nitrogens with one attached hydrogen (secondary N) is 1. The number of hydrogen-bond acceptors (Lipinski definition) is 3. The van der Waals surface area contributed by atoms with Crippen LogP contribution in [0.1, 0.15) is 36.8 Å². The summed E-state index contributed by atoms with van der Waals surface area (Å²) in [5, 5.41) is 12.6. The number of aliphatic hydroxyl groups excluding tert-OH is 1. The summed E-state index contributed by atoms with van der Waals surface area (Å²) in [7, 11) is 0. The van der Waals surface area contributed by atoms with E-state index in [2.05, 4.69) is 28.4 Å². The van der Waals surface area contributed by atoms with Gasteiger partial charge in [0.1, 0.15) is 0 Å². The van der Waals surface area contributed by atoms with Gasteiger partial charge in [0.15, 0.2) is 0 Å². The lowest BCUT2D eigenvalue weighted by atomic mass is 9.98. The number of rotatable bonds is 5. The maximum Gasteiger partial charge on any atom is 0.0445 e. The van der Waals surface area contributed by atoms with Crippen LogP contribution in [0.5, 0.6) is 0 Å². The molecular formula is C17H26N2O. The lowest BCUT2D eigenvalue weighted by molar-refractivity contribution is 0.120. The van der Waals surface area contributed by atoms with Gasteiger partial charge in [-0.1, -0.05) is 18.6 Å². The molecule has 1 saturated heterocycles. The van der Waals surface area contributed by atoms with Crippen molar-refractivity contribution in [1.29, 1.82) is 0 Å². The van der Waals surface area contributed by atoms with Crippen molar-refractivity contribution < 1.29 is 5.11 Å². The molecule has 2 aliphatic heterocycles. The molecule has 1 aromatic rings. The monoisotopic (exact) mass is 274 g/mol. The fraction of sp³-hybridized carbons (Fsp3) is 0.647. The highest BCUT2D eigenvalue weighted by Gasteiger charge is 2.21. The van der Waals surface area contributed by atoms with Crippen molar-refractivity contribution in [2.45, 2.75) is 44.6 Å². The summed E-state index contributed by atoms with van der Waals surface area (Å²) in [6.07, 6.45) is 7.14. The second-order valence-electron chi connectivity index (χ2n) is 6.12. The van der Waals surface area contributed by atoms with E-state index in [9.17, 15) is 5.11 Å². The number of hydrogen-bond donors (Lipinski definition) is 2. The van der Waals surface area contributed by atoms with Gasteiger partial charge in [0.05, 0.1) is 0 Å². The summed E-state index contributed by atoms with van der Waals surface area (Å²) in [4.78, 5) is 2.59. The number of fused-ring (bicyclic) bond motifs is 1. The summed E-state index contributed by atoms with van der Waals surface area (Å²) in [6.45, 7) is 3.75. The van der Waals surface area contributed by atoms with Crippen LogP contribution < -0.4 is 5.32 Å². The molecule has 2 aliphatic rings. The number of likely N-dealkylation sites (tertiary alicyclic amines) is 1. The number of benzene rings is 1. The Morgan fingerprint density at radius 1 is 1.30 bits per heavy atom. The van der Waals surface area contributed by atoms with Gasteiger partial charge >= 0.3 is 0 Å². The highest BCUT2D eigenvalue weighted by Crippen LogP contribution is 2.24. The van der Waals surface area contributed by atoms with Crippen LogP contribution in [0.4, 0.5) is 5.69 Å². The second-order valence-corrected chi connectivity index (χ2v) is 6.12. The van der Waals surface area contributed by atoms with E-state index < -0.39 is 0 Å². The molecule has 2 heterocycles. The van der Waals surface area contributed by atoms with Crippen LogP contribution in [0.15, 0.2) is 18.2 Å². The first-order valence-electron chi connectivity index (χ1n) is 8.07. The van der Waals surface area contributed by atoms with Crippen LogP contribution in [0.3, 0.4) is 0 Å². The normalized spacial score (nSPS) is 22.6. The molecule has 110 valence electrons. The third-order valence-electron chi connectivity index (χ3n) is 4.78. The molecule has 0 spiro atoms. The van der Waals surface area contributed by atoms with E-state index in [-0.39, 0.29) is 0 Å². The number of anilines is 1. The lowest BCUT2D eigenvalue weighted by Crippen LogP contribution is -2.41. The van der Waals surface area contributed by atoms with Crippen molar-refractivity contribution in [3.05, 3.63) is 29.3 Å². The zero-order valence-electron chi connectivity index (χ0n) is 12.3. The van der Waals surface area contributed by atoms with Gasteiger partial charge in [-0.2, -0.15) is 0 Å². The maximum absolute atomic E-state index is 9.19. The van der Waals surface area contributed by atoms with E-state index in [0.717, 1.165) is 25.9 Å². The molecule has 0 aromatic heterocycles. The Balaban J connectivity index is 1.57. The Morgan fingerprint density at radius 2 is 2.25 bits per heavy atom. The smallest absolute Gasteiger partial charge is 0.0445 e. The van der Waals surface area contributed by atoms with Gasteiger partial charge in [0.2, 0.25) is 0 Å². The summed E-state index contributed by atoms with van der Waals surface area (Å²) in [6, 6.07) is 7.48. The molecule has 0 radical (unpaired) electrons. The van der Waals surface area contributed by atoms with Crippen LogP contribution >= 0.6 is 0 Å². The average molecular weight is 274 g/mol. The van der Waals surface area contributed by atoms with Crippen molar-refractivity contribution in [1.82, 2.24) is 4.90 Å². The molecule has 1 unspecified atom stereocenters. The maximum atomic E-state index is 9.19. The summed E-state index contributed by atoms with van der Waals surface area (Å²) in [5.74, 6) is 0. The van der Waals surface area contributed by atoms with Crippen LogP contribution in [-0.4, -0.2) is 42.3 Å². The Labute approximate surface area is 122 Å². The Bertz CT molecular complexity index is 445. The van der Waals surface area contributed by atoms with E-state index in [1.165, 1.54) is 49.0 Å². The first-order chi connectivity index (χ1) is 9.86. The van der Waals surface area contributed by atoms with Gasteiger partial charge in [-0.15, -0.1) is 0 Å². The third-order valence-corrected chi connectivity index (χ3v) is 4.78. The van der Waals surface area contributed by atoms with Crippen LogP contribution in [0, 0.1) is 0 Å². The zero-order valence-corrected chi connectivity index (χ0v) is 12.3. The minimum absolute atomic E-state index is 0.325. The molecule has 20 heavy (non-hydrogen) atoms. The van der Waals surface area contributed by atoms with E-state index >= 15 is 0 Å². The fourth-order valence-corrected chi connectivity index (χ4v) is 3.62. The van der Waals surface area contributed by atoms with Crippen LogP contribution in [0.2, 0.25) is 0 Å². The van der Waals surface area contributed by atoms with Crippen molar-refractivity contribution in [3.63, 3.8) is 0 Å². The summed E-state index contributed by atoms with van der Waals surface area (Å²) in [5.41, 5.74) is 4.26.